The van der Waals surface area contributed by atoms with Gasteiger partial charge in [-0.25, -0.2) is 4.79 Å². The minimum Gasteiger partial charge on any atom is -0.478 e. The molecule has 0 radical (unpaired) electrons. The fourth-order valence-electron chi connectivity index (χ4n) is 2.11. The van der Waals surface area contributed by atoms with E-state index in [4.69, 9.17) is 16.7 Å². The molecule has 2 aromatic heterocycles. The van der Waals surface area contributed by atoms with Crippen molar-refractivity contribution in [3.8, 4) is 0 Å². The van der Waals surface area contributed by atoms with Crippen molar-refractivity contribution in [1.82, 2.24) is 24.9 Å². The normalized spacial score (nSPS) is 12.2. The summed E-state index contributed by atoms with van der Waals surface area (Å²) in [4.78, 5) is 22.9. The van der Waals surface area contributed by atoms with E-state index in [9.17, 15) is 9.59 Å². The van der Waals surface area contributed by atoms with E-state index < -0.39 is 12.0 Å². The van der Waals surface area contributed by atoms with Crippen LogP contribution in [0, 0.1) is 13.8 Å². The van der Waals surface area contributed by atoms with Gasteiger partial charge in [-0.15, -0.1) is 0 Å². The monoisotopic (exact) mass is 339 g/mol. The minimum atomic E-state index is -1.08. The first-order valence-electron chi connectivity index (χ1n) is 7.06. The maximum atomic E-state index is 12.1. The molecule has 0 aliphatic carbocycles. The lowest BCUT2D eigenvalue weighted by atomic mass is 10.3. The van der Waals surface area contributed by atoms with Gasteiger partial charge in [-0.1, -0.05) is 11.6 Å². The average Bonchev–Trinajstić information content (AvgIpc) is 3.09. The average molecular weight is 340 g/mol. The molecule has 1 unspecified atom stereocenters. The molecule has 0 saturated carbocycles. The third-order valence-corrected chi connectivity index (χ3v) is 4.09. The van der Waals surface area contributed by atoms with Crippen LogP contribution in [0.1, 0.15) is 34.7 Å². The highest BCUT2D eigenvalue weighted by atomic mass is 35.5. The number of halogens is 1. The molecule has 23 heavy (non-hydrogen) atoms. The number of carbonyl (C=O) groups excluding carboxylic acids is 1. The van der Waals surface area contributed by atoms with Crippen LogP contribution >= 0.6 is 11.6 Å². The molecule has 8 nitrogen and oxygen atoms in total. The van der Waals surface area contributed by atoms with Crippen LogP contribution in [0.3, 0.4) is 0 Å². The van der Waals surface area contributed by atoms with Gasteiger partial charge in [0.05, 0.1) is 34.7 Å². The fourth-order valence-corrected chi connectivity index (χ4v) is 2.24. The zero-order valence-corrected chi connectivity index (χ0v) is 13.8. The Morgan fingerprint density at radius 2 is 2.13 bits per heavy atom. The predicted octanol–water partition coefficient (Wildman–Crippen LogP) is 1.43. The fraction of sp³-hybridized carbons (Fsp3) is 0.429. The van der Waals surface area contributed by atoms with Crippen molar-refractivity contribution in [1.29, 1.82) is 0 Å². The number of nitrogens with zero attached hydrogens (tertiary/aromatic N) is 4. The van der Waals surface area contributed by atoms with Gasteiger partial charge >= 0.3 is 5.97 Å². The standard InChI is InChI=1S/C14H18ClN5O3/c1-8-12(15)9(2)19(18-8)5-4-16-13(21)10(3)20-7-11(6-17-20)14(22)23/h6-7,10H,4-5H2,1-3H3,(H,16,21)(H,22,23). The van der Waals surface area contributed by atoms with E-state index in [1.54, 1.807) is 11.6 Å². The topological polar surface area (TPSA) is 102 Å². The Kier molecular flexibility index (Phi) is 5.05. The van der Waals surface area contributed by atoms with Crippen LogP contribution < -0.4 is 5.32 Å². The van der Waals surface area contributed by atoms with Gasteiger partial charge in [-0.2, -0.15) is 10.2 Å². The maximum Gasteiger partial charge on any atom is 0.338 e. The first kappa shape index (κ1) is 17.0. The van der Waals surface area contributed by atoms with E-state index in [0.717, 1.165) is 11.4 Å². The van der Waals surface area contributed by atoms with Crippen LogP contribution in [-0.4, -0.2) is 43.1 Å². The molecule has 0 aromatic carbocycles. The molecule has 2 heterocycles. The zero-order valence-electron chi connectivity index (χ0n) is 13.1. The smallest absolute Gasteiger partial charge is 0.338 e. The van der Waals surface area contributed by atoms with E-state index in [0.29, 0.717) is 18.1 Å². The van der Waals surface area contributed by atoms with Gasteiger partial charge in [0.1, 0.15) is 6.04 Å². The van der Waals surface area contributed by atoms with Crippen molar-refractivity contribution in [2.45, 2.75) is 33.4 Å². The van der Waals surface area contributed by atoms with E-state index >= 15 is 0 Å². The summed E-state index contributed by atoms with van der Waals surface area (Å²) in [6.45, 7) is 6.22. The third kappa shape index (κ3) is 3.70. The van der Waals surface area contributed by atoms with Gasteiger partial charge in [0.2, 0.25) is 5.91 Å². The van der Waals surface area contributed by atoms with Gasteiger partial charge in [0.25, 0.3) is 0 Å². The number of aryl methyl sites for hydroxylation is 1. The van der Waals surface area contributed by atoms with Gasteiger partial charge in [0.15, 0.2) is 0 Å². The number of aromatic nitrogens is 4. The highest BCUT2D eigenvalue weighted by molar-refractivity contribution is 6.31. The molecule has 0 saturated heterocycles. The number of carboxylic acids is 1. The molecular formula is C14H18ClN5O3. The van der Waals surface area contributed by atoms with E-state index in [1.807, 2.05) is 13.8 Å². The Bertz CT molecular complexity index is 737. The number of rotatable bonds is 6. The second-order valence-electron chi connectivity index (χ2n) is 5.19. The van der Waals surface area contributed by atoms with Crippen LogP contribution in [0.4, 0.5) is 0 Å². The molecule has 0 fully saturated rings. The Morgan fingerprint density at radius 1 is 1.43 bits per heavy atom. The van der Waals surface area contributed by atoms with Crippen molar-refractivity contribution in [2.75, 3.05) is 6.54 Å². The molecule has 0 aliphatic rings. The molecule has 124 valence electrons. The lowest BCUT2D eigenvalue weighted by Gasteiger charge is -2.13. The number of nitrogens with one attached hydrogen (secondary N) is 1. The summed E-state index contributed by atoms with van der Waals surface area (Å²) >= 11 is 6.07. The van der Waals surface area contributed by atoms with Crippen LogP contribution in [0.25, 0.3) is 0 Å². The van der Waals surface area contributed by atoms with Gasteiger partial charge in [-0.3, -0.25) is 14.2 Å². The summed E-state index contributed by atoms with van der Waals surface area (Å²) in [6, 6.07) is -0.604. The SMILES string of the molecule is Cc1nn(CCNC(=O)C(C)n2cc(C(=O)O)cn2)c(C)c1Cl. The number of hydrogen-bond acceptors (Lipinski definition) is 4. The summed E-state index contributed by atoms with van der Waals surface area (Å²) in [7, 11) is 0. The lowest BCUT2D eigenvalue weighted by molar-refractivity contribution is -0.124. The summed E-state index contributed by atoms with van der Waals surface area (Å²) in [5.74, 6) is -1.33. The number of carboxylic acid groups (broad SMARTS) is 1. The largest absolute Gasteiger partial charge is 0.478 e. The highest BCUT2D eigenvalue weighted by Gasteiger charge is 2.17. The Labute approximate surface area is 138 Å². The van der Waals surface area contributed by atoms with Crippen LogP contribution in [0.5, 0.6) is 0 Å². The second-order valence-corrected chi connectivity index (χ2v) is 5.57. The Hall–Kier alpha value is -2.35. The summed E-state index contributed by atoms with van der Waals surface area (Å²) < 4.78 is 3.05. The lowest BCUT2D eigenvalue weighted by Crippen LogP contribution is -2.33. The quantitative estimate of drug-likeness (QED) is 0.828. The van der Waals surface area contributed by atoms with Crippen LogP contribution in [0.15, 0.2) is 12.4 Å². The number of amides is 1. The molecule has 2 N–H and O–H groups in total. The Morgan fingerprint density at radius 3 is 2.65 bits per heavy atom. The van der Waals surface area contributed by atoms with E-state index in [2.05, 4.69) is 15.5 Å². The first-order chi connectivity index (χ1) is 10.8. The minimum absolute atomic E-state index is 0.0435. The van der Waals surface area contributed by atoms with Crippen molar-refractivity contribution in [3.05, 3.63) is 34.4 Å². The predicted molar refractivity (Wildman–Crippen MR) is 83.6 cm³/mol. The number of carbonyl (C=O) groups is 2. The first-order valence-corrected chi connectivity index (χ1v) is 7.43. The molecule has 1 atom stereocenters. The van der Waals surface area contributed by atoms with Crippen molar-refractivity contribution < 1.29 is 14.7 Å². The summed E-state index contributed by atoms with van der Waals surface area (Å²) in [5, 5.41) is 20.4. The van der Waals surface area contributed by atoms with E-state index in [1.165, 1.54) is 17.1 Å². The molecule has 0 bridgehead atoms. The molecule has 2 rings (SSSR count). The number of hydrogen-bond donors (Lipinski definition) is 2. The van der Waals surface area contributed by atoms with Crippen molar-refractivity contribution >= 4 is 23.5 Å². The molecule has 9 heteroatoms. The molecule has 0 aliphatic heterocycles. The highest BCUT2D eigenvalue weighted by Crippen LogP contribution is 2.18. The maximum absolute atomic E-state index is 12.1. The summed E-state index contributed by atoms with van der Waals surface area (Å²) in [6.07, 6.45) is 2.54. The molecule has 0 spiro atoms. The van der Waals surface area contributed by atoms with Gasteiger partial charge in [0, 0.05) is 12.7 Å². The van der Waals surface area contributed by atoms with Crippen LogP contribution in [0.2, 0.25) is 5.02 Å². The van der Waals surface area contributed by atoms with Gasteiger partial charge in [-0.05, 0) is 20.8 Å². The number of aromatic carboxylic acids is 1. The van der Waals surface area contributed by atoms with Crippen molar-refractivity contribution in [3.63, 3.8) is 0 Å². The van der Waals surface area contributed by atoms with Crippen molar-refractivity contribution in [2.24, 2.45) is 0 Å². The van der Waals surface area contributed by atoms with E-state index in [-0.39, 0.29) is 11.5 Å². The molecule has 2 aromatic rings. The molecule has 1 amide bonds. The summed E-state index contributed by atoms with van der Waals surface area (Å²) in [5.41, 5.74) is 1.65. The molecular weight excluding hydrogens is 322 g/mol. The zero-order chi connectivity index (χ0) is 17.1. The third-order valence-electron chi connectivity index (χ3n) is 3.54. The van der Waals surface area contributed by atoms with Crippen LogP contribution in [-0.2, 0) is 11.3 Å². The second kappa shape index (κ2) is 6.82. The van der Waals surface area contributed by atoms with Gasteiger partial charge < -0.3 is 10.4 Å². The Balaban J connectivity index is 1.91.